The third kappa shape index (κ3) is 4.80. The molecule has 1 heterocycles. The maximum absolute atomic E-state index is 6.13. The Balaban J connectivity index is 1.88. The van der Waals surface area contributed by atoms with Gasteiger partial charge in [0.1, 0.15) is 5.01 Å². The molecule has 0 bridgehead atoms. The molecule has 0 aliphatic rings. The van der Waals surface area contributed by atoms with Gasteiger partial charge in [-0.05, 0) is 12.1 Å². The van der Waals surface area contributed by atoms with Crippen LogP contribution in [0.25, 0.3) is 0 Å². The number of rotatable bonds is 6. The third-order valence-corrected chi connectivity index (χ3v) is 5.09. The highest BCUT2D eigenvalue weighted by molar-refractivity contribution is 7.98. The minimum atomic E-state index is 0.489. The summed E-state index contributed by atoms with van der Waals surface area (Å²) in [6.07, 6.45) is 0. The molecule has 2 rings (SSSR count). The zero-order valence-electron chi connectivity index (χ0n) is 11.0. The van der Waals surface area contributed by atoms with Gasteiger partial charge in [0.15, 0.2) is 0 Å². The van der Waals surface area contributed by atoms with E-state index in [0.717, 1.165) is 32.9 Å². The van der Waals surface area contributed by atoms with Crippen LogP contribution >= 0.6 is 34.7 Å². The molecule has 0 saturated heterocycles. The zero-order valence-corrected chi connectivity index (χ0v) is 13.4. The molecule has 1 aromatic heterocycles. The van der Waals surface area contributed by atoms with Crippen molar-refractivity contribution in [3.8, 4) is 0 Å². The number of thiazole rings is 1. The van der Waals surface area contributed by atoms with Crippen molar-refractivity contribution in [1.82, 2.24) is 10.3 Å². The smallest absolute Gasteiger partial charge is 0.103 e. The number of nitrogens with one attached hydrogen (secondary N) is 1. The molecule has 2 nitrogen and oxygen atoms in total. The zero-order chi connectivity index (χ0) is 13.7. The van der Waals surface area contributed by atoms with Gasteiger partial charge in [0.25, 0.3) is 0 Å². The van der Waals surface area contributed by atoms with Crippen LogP contribution < -0.4 is 5.32 Å². The van der Waals surface area contributed by atoms with Gasteiger partial charge in [-0.1, -0.05) is 37.6 Å². The number of aromatic nitrogens is 1. The van der Waals surface area contributed by atoms with Crippen LogP contribution in [-0.4, -0.2) is 11.0 Å². The summed E-state index contributed by atoms with van der Waals surface area (Å²) in [6.45, 7) is 5.12. The van der Waals surface area contributed by atoms with Crippen LogP contribution in [0.1, 0.15) is 24.5 Å². The van der Waals surface area contributed by atoms with Crippen molar-refractivity contribution >= 4 is 34.7 Å². The first-order valence-corrected chi connectivity index (χ1v) is 8.43. The van der Waals surface area contributed by atoms with E-state index in [1.807, 2.05) is 24.3 Å². The molecule has 19 heavy (non-hydrogen) atoms. The van der Waals surface area contributed by atoms with Crippen molar-refractivity contribution < 1.29 is 0 Å². The Bertz CT molecular complexity index is 526. The van der Waals surface area contributed by atoms with Crippen molar-refractivity contribution in [3.05, 3.63) is 45.4 Å². The highest BCUT2D eigenvalue weighted by atomic mass is 35.5. The van der Waals surface area contributed by atoms with Crippen LogP contribution in [0.15, 0.2) is 34.5 Å². The Labute approximate surface area is 127 Å². The maximum Gasteiger partial charge on any atom is 0.103 e. The van der Waals surface area contributed by atoms with Crippen molar-refractivity contribution in [3.63, 3.8) is 0 Å². The fourth-order valence-electron chi connectivity index (χ4n) is 1.51. The average molecular weight is 313 g/mol. The minimum absolute atomic E-state index is 0.489. The van der Waals surface area contributed by atoms with Gasteiger partial charge in [-0.2, -0.15) is 0 Å². The molecule has 1 N–H and O–H groups in total. The van der Waals surface area contributed by atoms with E-state index < -0.39 is 0 Å². The molecule has 0 radical (unpaired) electrons. The lowest BCUT2D eigenvalue weighted by molar-refractivity contribution is 0.582. The summed E-state index contributed by atoms with van der Waals surface area (Å²) in [5, 5.41) is 7.45. The monoisotopic (exact) mass is 312 g/mol. The average Bonchev–Trinajstić information content (AvgIpc) is 2.83. The SMILES string of the molecule is CC(C)NCc1csc(CSc2ccccc2Cl)n1. The largest absolute Gasteiger partial charge is 0.309 e. The molecule has 0 aliphatic carbocycles. The number of hydrogen-bond acceptors (Lipinski definition) is 4. The summed E-state index contributed by atoms with van der Waals surface area (Å²) >= 11 is 9.58. The minimum Gasteiger partial charge on any atom is -0.309 e. The number of hydrogen-bond donors (Lipinski definition) is 1. The number of benzene rings is 1. The van der Waals surface area contributed by atoms with E-state index in [2.05, 4.69) is 29.5 Å². The van der Waals surface area contributed by atoms with E-state index in [1.54, 1.807) is 23.1 Å². The second kappa shape index (κ2) is 7.29. The van der Waals surface area contributed by atoms with Crippen LogP contribution in [0, 0.1) is 0 Å². The van der Waals surface area contributed by atoms with Crippen molar-refractivity contribution in [1.29, 1.82) is 0 Å². The van der Waals surface area contributed by atoms with Gasteiger partial charge in [0.2, 0.25) is 0 Å². The van der Waals surface area contributed by atoms with Gasteiger partial charge in [0.05, 0.1) is 16.5 Å². The first-order chi connectivity index (χ1) is 9.15. The van der Waals surface area contributed by atoms with E-state index in [9.17, 15) is 0 Å². The summed E-state index contributed by atoms with van der Waals surface area (Å²) in [4.78, 5) is 5.73. The molecule has 0 atom stereocenters. The quantitative estimate of drug-likeness (QED) is 0.790. The Morgan fingerprint density at radius 2 is 2.16 bits per heavy atom. The van der Waals surface area contributed by atoms with Crippen LogP contribution in [-0.2, 0) is 12.3 Å². The van der Waals surface area contributed by atoms with Crippen molar-refractivity contribution in [2.45, 2.75) is 37.1 Å². The molecule has 0 amide bonds. The molecular weight excluding hydrogens is 296 g/mol. The lowest BCUT2D eigenvalue weighted by Gasteiger charge is -2.04. The van der Waals surface area contributed by atoms with Crippen LogP contribution in [0.2, 0.25) is 5.02 Å². The molecular formula is C14H17ClN2S2. The summed E-state index contributed by atoms with van der Waals surface area (Å²) in [5.74, 6) is 0.871. The molecule has 102 valence electrons. The normalized spacial score (nSPS) is 11.2. The number of halogens is 1. The van der Waals surface area contributed by atoms with Crippen molar-refractivity contribution in [2.24, 2.45) is 0 Å². The first kappa shape index (κ1) is 14.9. The second-order valence-electron chi connectivity index (χ2n) is 4.49. The van der Waals surface area contributed by atoms with Gasteiger partial charge in [0, 0.05) is 22.9 Å². The third-order valence-electron chi connectivity index (χ3n) is 2.48. The summed E-state index contributed by atoms with van der Waals surface area (Å²) in [7, 11) is 0. The van der Waals surface area contributed by atoms with E-state index in [4.69, 9.17) is 11.6 Å². The van der Waals surface area contributed by atoms with Crippen LogP contribution in [0.5, 0.6) is 0 Å². The van der Waals surface area contributed by atoms with E-state index >= 15 is 0 Å². The Hall–Kier alpha value is -0.550. The van der Waals surface area contributed by atoms with E-state index in [0.29, 0.717) is 6.04 Å². The molecule has 0 unspecified atom stereocenters. The van der Waals surface area contributed by atoms with Gasteiger partial charge in [-0.15, -0.1) is 23.1 Å². The van der Waals surface area contributed by atoms with Gasteiger partial charge in [-0.3, -0.25) is 0 Å². The highest BCUT2D eigenvalue weighted by Crippen LogP contribution is 2.30. The van der Waals surface area contributed by atoms with Crippen LogP contribution in [0.3, 0.4) is 0 Å². The Kier molecular flexibility index (Phi) is 5.70. The second-order valence-corrected chi connectivity index (χ2v) is 6.85. The standard InChI is InChI=1S/C14H17ClN2S2/c1-10(2)16-7-11-8-19-14(17-11)9-18-13-6-4-3-5-12(13)15/h3-6,8,10,16H,7,9H2,1-2H3. The summed E-state index contributed by atoms with van der Waals surface area (Å²) < 4.78 is 0. The van der Waals surface area contributed by atoms with Crippen LogP contribution in [0.4, 0.5) is 0 Å². The molecule has 0 spiro atoms. The fraction of sp³-hybridized carbons (Fsp3) is 0.357. The topological polar surface area (TPSA) is 24.9 Å². The lowest BCUT2D eigenvalue weighted by atomic mass is 10.4. The predicted molar refractivity (Wildman–Crippen MR) is 85.1 cm³/mol. The number of thioether (sulfide) groups is 1. The highest BCUT2D eigenvalue weighted by Gasteiger charge is 2.05. The molecule has 0 saturated carbocycles. The Morgan fingerprint density at radius 1 is 1.37 bits per heavy atom. The molecule has 1 aromatic carbocycles. The summed E-state index contributed by atoms with van der Waals surface area (Å²) in [5.41, 5.74) is 1.12. The molecule has 5 heteroatoms. The lowest BCUT2D eigenvalue weighted by Crippen LogP contribution is -2.21. The molecule has 2 aromatic rings. The molecule has 0 aliphatic heterocycles. The Morgan fingerprint density at radius 3 is 2.89 bits per heavy atom. The van der Waals surface area contributed by atoms with Gasteiger partial charge >= 0.3 is 0 Å². The maximum atomic E-state index is 6.13. The summed E-state index contributed by atoms with van der Waals surface area (Å²) in [6, 6.07) is 8.41. The fourth-order valence-corrected chi connectivity index (χ4v) is 3.56. The number of nitrogens with zero attached hydrogens (tertiary/aromatic N) is 1. The van der Waals surface area contributed by atoms with Gasteiger partial charge < -0.3 is 5.32 Å². The van der Waals surface area contributed by atoms with E-state index in [-0.39, 0.29) is 0 Å². The first-order valence-electron chi connectivity index (χ1n) is 6.19. The molecule has 0 fully saturated rings. The van der Waals surface area contributed by atoms with Crippen molar-refractivity contribution in [2.75, 3.05) is 0 Å². The van der Waals surface area contributed by atoms with Gasteiger partial charge in [-0.25, -0.2) is 4.98 Å². The predicted octanol–water partition coefficient (Wildman–Crippen LogP) is 4.59. The van der Waals surface area contributed by atoms with E-state index in [1.165, 1.54) is 0 Å².